The number of hydrogen-bond acceptors (Lipinski definition) is 3. The molecular formula is C13H27NO3. The van der Waals surface area contributed by atoms with Crippen LogP contribution in [0.3, 0.4) is 0 Å². The van der Waals surface area contributed by atoms with Crippen LogP contribution in [0.25, 0.3) is 0 Å². The molecule has 0 aliphatic heterocycles. The Morgan fingerprint density at radius 2 is 1.82 bits per heavy atom. The Bertz CT molecular complexity index is 221. The summed E-state index contributed by atoms with van der Waals surface area (Å²) in [6.45, 7) is 10.4. The van der Waals surface area contributed by atoms with Crippen LogP contribution in [0, 0.1) is 11.8 Å². The lowest BCUT2D eigenvalue weighted by Gasteiger charge is -2.35. The van der Waals surface area contributed by atoms with Crippen LogP contribution in [0.15, 0.2) is 0 Å². The molecular weight excluding hydrogens is 218 g/mol. The Morgan fingerprint density at radius 3 is 2.18 bits per heavy atom. The molecule has 0 radical (unpaired) electrons. The van der Waals surface area contributed by atoms with Gasteiger partial charge in [0.2, 0.25) is 0 Å². The van der Waals surface area contributed by atoms with Crippen molar-refractivity contribution in [2.45, 2.75) is 53.1 Å². The summed E-state index contributed by atoms with van der Waals surface area (Å²) < 4.78 is 5.11. The summed E-state index contributed by atoms with van der Waals surface area (Å²) in [5, 5.41) is 11.7. The molecule has 0 bridgehead atoms. The highest BCUT2D eigenvalue weighted by Gasteiger charge is 2.30. The fourth-order valence-corrected chi connectivity index (χ4v) is 1.68. The van der Waals surface area contributed by atoms with E-state index in [1.807, 2.05) is 34.6 Å². The summed E-state index contributed by atoms with van der Waals surface area (Å²) in [7, 11) is 0. The molecule has 102 valence electrons. The average molecular weight is 245 g/mol. The smallest absolute Gasteiger partial charge is 0.407 e. The van der Waals surface area contributed by atoms with Gasteiger partial charge in [0.1, 0.15) is 5.60 Å². The summed E-state index contributed by atoms with van der Waals surface area (Å²) in [4.78, 5) is 11.3. The van der Waals surface area contributed by atoms with Gasteiger partial charge in [0, 0.05) is 13.2 Å². The normalized spacial score (nSPS) is 22.9. The standard InChI is InChI=1S/C11H21NO3.C2H6/c1-11(2,3)15-10(14)12-6-8-4-5-9(8)7-13;1-2/h8-9,13H,4-7H2,1-3H3,(H,12,14);1-2H3/t8-,9-;/m1./s1. The maximum absolute atomic E-state index is 11.3. The molecule has 4 heteroatoms. The highest BCUT2D eigenvalue weighted by atomic mass is 16.6. The molecule has 1 amide bonds. The first-order valence-electron chi connectivity index (χ1n) is 6.50. The maximum atomic E-state index is 11.3. The van der Waals surface area contributed by atoms with Crippen LogP contribution >= 0.6 is 0 Å². The summed E-state index contributed by atoms with van der Waals surface area (Å²) in [6, 6.07) is 0. The third-order valence-corrected chi connectivity index (χ3v) is 2.72. The third-order valence-electron chi connectivity index (χ3n) is 2.72. The van der Waals surface area contributed by atoms with Crippen LogP contribution in [0.2, 0.25) is 0 Å². The topological polar surface area (TPSA) is 58.6 Å². The number of aliphatic hydroxyl groups is 1. The van der Waals surface area contributed by atoms with E-state index in [9.17, 15) is 4.79 Å². The first-order chi connectivity index (χ1) is 7.92. The first kappa shape index (κ1) is 16.2. The van der Waals surface area contributed by atoms with Crippen molar-refractivity contribution in [1.82, 2.24) is 5.32 Å². The van der Waals surface area contributed by atoms with Gasteiger partial charge in [-0.05, 0) is 45.4 Å². The van der Waals surface area contributed by atoms with Gasteiger partial charge >= 0.3 is 6.09 Å². The first-order valence-corrected chi connectivity index (χ1v) is 6.50. The Morgan fingerprint density at radius 1 is 1.29 bits per heavy atom. The van der Waals surface area contributed by atoms with Crippen LogP contribution in [-0.2, 0) is 4.74 Å². The summed E-state index contributed by atoms with van der Waals surface area (Å²) >= 11 is 0. The van der Waals surface area contributed by atoms with Crippen molar-refractivity contribution >= 4 is 6.09 Å². The summed E-state index contributed by atoms with van der Waals surface area (Å²) in [5.41, 5.74) is -0.444. The molecule has 1 fully saturated rings. The second-order valence-electron chi connectivity index (χ2n) is 5.16. The minimum Gasteiger partial charge on any atom is -0.444 e. The summed E-state index contributed by atoms with van der Waals surface area (Å²) in [6.07, 6.45) is 1.78. The second kappa shape index (κ2) is 7.54. The monoisotopic (exact) mass is 245 g/mol. The number of carbonyl (C=O) groups is 1. The molecule has 2 atom stereocenters. The molecule has 4 nitrogen and oxygen atoms in total. The van der Waals surface area contributed by atoms with Gasteiger partial charge in [0.15, 0.2) is 0 Å². The molecule has 1 aliphatic rings. The number of nitrogens with one attached hydrogen (secondary N) is 1. The molecule has 0 aromatic carbocycles. The Kier molecular flexibility index (Phi) is 7.19. The van der Waals surface area contributed by atoms with E-state index in [1.54, 1.807) is 0 Å². The van der Waals surface area contributed by atoms with Crippen LogP contribution in [0.4, 0.5) is 4.79 Å². The zero-order valence-electron chi connectivity index (χ0n) is 11.7. The lowest BCUT2D eigenvalue weighted by Crippen LogP contribution is -2.41. The van der Waals surface area contributed by atoms with Crippen molar-refractivity contribution in [3.05, 3.63) is 0 Å². The van der Waals surface area contributed by atoms with Crippen molar-refractivity contribution in [2.75, 3.05) is 13.2 Å². The van der Waals surface area contributed by atoms with Crippen LogP contribution in [-0.4, -0.2) is 30.0 Å². The molecule has 0 aromatic rings. The number of amides is 1. The van der Waals surface area contributed by atoms with Gasteiger partial charge < -0.3 is 15.2 Å². The van der Waals surface area contributed by atoms with Crippen LogP contribution in [0.1, 0.15) is 47.5 Å². The van der Waals surface area contributed by atoms with E-state index in [4.69, 9.17) is 9.84 Å². The highest BCUT2D eigenvalue weighted by Crippen LogP contribution is 2.32. The van der Waals surface area contributed by atoms with Gasteiger partial charge in [0.25, 0.3) is 0 Å². The van der Waals surface area contributed by atoms with Gasteiger partial charge in [0.05, 0.1) is 0 Å². The maximum Gasteiger partial charge on any atom is 0.407 e. The van der Waals surface area contributed by atoms with E-state index in [0.29, 0.717) is 18.4 Å². The lowest BCUT2D eigenvalue weighted by molar-refractivity contribution is 0.0452. The van der Waals surface area contributed by atoms with Crippen molar-refractivity contribution in [3.63, 3.8) is 0 Å². The van der Waals surface area contributed by atoms with Gasteiger partial charge in [-0.2, -0.15) is 0 Å². The van der Waals surface area contributed by atoms with Crippen LogP contribution < -0.4 is 5.32 Å². The molecule has 0 heterocycles. The molecule has 0 saturated heterocycles. The largest absolute Gasteiger partial charge is 0.444 e. The number of ether oxygens (including phenoxy) is 1. The highest BCUT2D eigenvalue weighted by molar-refractivity contribution is 5.67. The predicted octanol–water partition coefficient (Wildman–Crippen LogP) is 2.56. The minimum atomic E-state index is -0.444. The minimum absolute atomic E-state index is 0.223. The third kappa shape index (κ3) is 6.51. The van der Waals surface area contributed by atoms with Gasteiger partial charge in [-0.15, -0.1) is 0 Å². The van der Waals surface area contributed by atoms with Crippen molar-refractivity contribution in [2.24, 2.45) is 11.8 Å². The Hall–Kier alpha value is -0.770. The van der Waals surface area contributed by atoms with E-state index < -0.39 is 5.60 Å². The fraction of sp³-hybridized carbons (Fsp3) is 0.923. The van der Waals surface area contributed by atoms with E-state index in [0.717, 1.165) is 12.8 Å². The number of carbonyl (C=O) groups excluding carboxylic acids is 1. The molecule has 2 N–H and O–H groups in total. The molecule has 1 aliphatic carbocycles. The molecule has 1 rings (SSSR count). The lowest BCUT2D eigenvalue weighted by atomic mass is 9.74. The molecule has 0 aromatic heterocycles. The quantitative estimate of drug-likeness (QED) is 0.803. The van der Waals surface area contributed by atoms with Crippen molar-refractivity contribution in [3.8, 4) is 0 Å². The number of rotatable bonds is 3. The van der Waals surface area contributed by atoms with E-state index in [1.165, 1.54) is 0 Å². The predicted molar refractivity (Wildman–Crippen MR) is 68.9 cm³/mol. The molecule has 1 saturated carbocycles. The van der Waals surface area contributed by atoms with Crippen LogP contribution in [0.5, 0.6) is 0 Å². The summed E-state index contributed by atoms with van der Waals surface area (Å²) in [5.74, 6) is 0.780. The zero-order chi connectivity index (χ0) is 13.5. The molecule has 0 unspecified atom stereocenters. The number of hydrogen-bond donors (Lipinski definition) is 2. The average Bonchev–Trinajstić information content (AvgIpc) is 2.17. The van der Waals surface area contributed by atoms with E-state index in [-0.39, 0.29) is 12.7 Å². The van der Waals surface area contributed by atoms with Gasteiger partial charge in [-0.3, -0.25) is 0 Å². The number of alkyl carbamates (subject to hydrolysis) is 1. The Labute approximate surface area is 105 Å². The Balaban J connectivity index is 0.00000121. The van der Waals surface area contributed by atoms with Crippen molar-refractivity contribution < 1.29 is 14.6 Å². The fourth-order valence-electron chi connectivity index (χ4n) is 1.68. The van der Waals surface area contributed by atoms with E-state index >= 15 is 0 Å². The SMILES string of the molecule is CC.CC(C)(C)OC(=O)NC[C@H]1CC[C@@H]1CO. The molecule has 17 heavy (non-hydrogen) atoms. The molecule has 0 spiro atoms. The zero-order valence-corrected chi connectivity index (χ0v) is 11.7. The van der Waals surface area contributed by atoms with Crippen molar-refractivity contribution in [1.29, 1.82) is 0 Å². The van der Waals surface area contributed by atoms with Gasteiger partial charge in [-0.1, -0.05) is 13.8 Å². The van der Waals surface area contributed by atoms with Gasteiger partial charge in [-0.25, -0.2) is 4.79 Å². The van der Waals surface area contributed by atoms with E-state index in [2.05, 4.69) is 5.32 Å². The number of aliphatic hydroxyl groups excluding tert-OH is 1. The second-order valence-corrected chi connectivity index (χ2v) is 5.16.